The van der Waals surface area contributed by atoms with Gasteiger partial charge in [-0.3, -0.25) is 0 Å². The van der Waals surface area contributed by atoms with Gasteiger partial charge in [0.2, 0.25) is 0 Å². The number of carboxylic acids is 1. The van der Waals surface area contributed by atoms with Crippen molar-refractivity contribution in [2.24, 2.45) is 0 Å². The van der Waals surface area contributed by atoms with E-state index in [0.717, 1.165) is 12.8 Å². The number of carbonyl (C=O) groups is 1. The number of aryl methyl sites for hydroxylation is 1. The molecule has 1 aromatic rings. The van der Waals surface area contributed by atoms with E-state index in [1.165, 1.54) is 6.20 Å². The standard InChI is InChI=1S/C13H21N3O2S/c1-5-13(6-2,19-4)8-15-11-10(12(17)18)7-14-9(3)16-11/h7H,5-6,8H2,1-4H3,(H,17,18)(H,14,15,16). The molecule has 0 radical (unpaired) electrons. The predicted molar refractivity (Wildman–Crippen MR) is 79.0 cm³/mol. The molecule has 1 aromatic heterocycles. The smallest absolute Gasteiger partial charge is 0.341 e. The fourth-order valence-electron chi connectivity index (χ4n) is 1.87. The Labute approximate surface area is 118 Å². The second-order valence-corrected chi connectivity index (χ2v) is 5.71. The summed E-state index contributed by atoms with van der Waals surface area (Å²) in [5, 5.41) is 12.3. The molecule has 0 saturated heterocycles. The molecule has 0 amide bonds. The van der Waals surface area contributed by atoms with Crippen LogP contribution in [0, 0.1) is 6.92 Å². The first-order valence-corrected chi connectivity index (χ1v) is 7.56. The quantitative estimate of drug-likeness (QED) is 0.801. The molecule has 0 aliphatic heterocycles. The fourth-order valence-corrected chi connectivity index (χ4v) is 2.66. The van der Waals surface area contributed by atoms with Crippen molar-refractivity contribution in [3.05, 3.63) is 17.6 Å². The molecule has 0 aliphatic rings. The third-order valence-corrected chi connectivity index (χ3v) is 5.03. The lowest BCUT2D eigenvalue weighted by molar-refractivity contribution is 0.0697. The van der Waals surface area contributed by atoms with Crippen molar-refractivity contribution in [3.63, 3.8) is 0 Å². The van der Waals surface area contributed by atoms with Gasteiger partial charge in [0.05, 0.1) is 0 Å². The normalized spacial score (nSPS) is 11.4. The molecule has 0 saturated carbocycles. The maximum atomic E-state index is 11.1. The Morgan fingerprint density at radius 3 is 2.58 bits per heavy atom. The molecule has 0 bridgehead atoms. The summed E-state index contributed by atoms with van der Waals surface area (Å²) in [7, 11) is 0. The van der Waals surface area contributed by atoms with E-state index in [1.54, 1.807) is 18.7 Å². The second kappa shape index (κ2) is 6.75. The summed E-state index contributed by atoms with van der Waals surface area (Å²) in [6.45, 7) is 6.73. The number of nitrogens with zero attached hydrogens (tertiary/aromatic N) is 2. The average Bonchev–Trinajstić information content (AvgIpc) is 2.40. The third-order valence-electron chi connectivity index (χ3n) is 3.44. The summed E-state index contributed by atoms with van der Waals surface area (Å²) in [5.41, 5.74) is 0.118. The zero-order valence-electron chi connectivity index (χ0n) is 11.9. The van der Waals surface area contributed by atoms with Crippen molar-refractivity contribution < 1.29 is 9.90 Å². The second-order valence-electron chi connectivity index (χ2n) is 4.43. The average molecular weight is 283 g/mol. The van der Waals surface area contributed by atoms with Crippen LogP contribution in [-0.4, -0.2) is 38.6 Å². The molecule has 5 nitrogen and oxygen atoms in total. The Morgan fingerprint density at radius 1 is 1.47 bits per heavy atom. The van der Waals surface area contributed by atoms with Crippen LogP contribution in [0.15, 0.2) is 6.20 Å². The molecule has 106 valence electrons. The third kappa shape index (κ3) is 3.83. The van der Waals surface area contributed by atoms with Crippen LogP contribution in [0.4, 0.5) is 5.82 Å². The van der Waals surface area contributed by atoms with E-state index in [1.807, 2.05) is 0 Å². The van der Waals surface area contributed by atoms with Crippen molar-refractivity contribution in [1.29, 1.82) is 0 Å². The summed E-state index contributed by atoms with van der Waals surface area (Å²) >= 11 is 1.80. The molecule has 0 spiro atoms. The summed E-state index contributed by atoms with van der Waals surface area (Å²) in [6.07, 6.45) is 5.47. The van der Waals surface area contributed by atoms with Crippen LogP contribution in [0.3, 0.4) is 0 Å². The van der Waals surface area contributed by atoms with Gasteiger partial charge in [-0.05, 0) is 26.0 Å². The van der Waals surface area contributed by atoms with E-state index in [4.69, 9.17) is 5.11 Å². The number of rotatable bonds is 7. The van der Waals surface area contributed by atoms with Gasteiger partial charge in [0.15, 0.2) is 0 Å². The van der Waals surface area contributed by atoms with Crippen LogP contribution in [0.1, 0.15) is 42.9 Å². The van der Waals surface area contributed by atoms with E-state index in [2.05, 4.69) is 35.4 Å². The predicted octanol–water partition coefficient (Wildman–Crippen LogP) is 2.82. The first-order chi connectivity index (χ1) is 8.98. The number of hydrogen-bond donors (Lipinski definition) is 2. The van der Waals surface area contributed by atoms with Gasteiger partial charge in [-0.15, -0.1) is 0 Å². The highest BCUT2D eigenvalue weighted by atomic mass is 32.2. The maximum Gasteiger partial charge on any atom is 0.341 e. The van der Waals surface area contributed by atoms with Gasteiger partial charge in [0, 0.05) is 17.5 Å². The molecule has 1 rings (SSSR count). The van der Waals surface area contributed by atoms with Gasteiger partial charge < -0.3 is 10.4 Å². The minimum absolute atomic E-state index is 0.106. The van der Waals surface area contributed by atoms with E-state index in [-0.39, 0.29) is 10.3 Å². The van der Waals surface area contributed by atoms with Crippen LogP contribution in [0.5, 0.6) is 0 Å². The number of anilines is 1. The van der Waals surface area contributed by atoms with E-state index >= 15 is 0 Å². The molecule has 0 unspecified atom stereocenters. The van der Waals surface area contributed by atoms with Gasteiger partial charge in [-0.1, -0.05) is 13.8 Å². The molecule has 6 heteroatoms. The van der Waals surface area contributed by atoms with Gasteiger partial charge in [0.1, 0.15) is 17.2 Å². The van der Waals surface area contributed by atoms with Crippen LogP contribution in [0.2, 0.25) is 0 Å². The summed E-state index contributed by atoms with van der Waals surface area (Å²) in [5.74, 6) is -0.0409. The first-order valence-electron chi connectivity index (χ1n) is 6.34. The van der Waals surface area contributed by atoms with Crippen LogP contribution in [0.25, 0.3) is 0 Å². The highest BCUT2D eigenvalue weighted by molar-refractivity contribution is 8.00. The first kappa shape index (κ1) is 15.8. The van der Waals surface area contributed by atoms with E-state index < -0.39 is 5.97 Å². The zero-order valence-corrected chi connectivity index (χ0v) is 12.7. The largest absolute Gasteiger partial charge is 0.477 e. The zero-order chi connectivity index (χ0) is 14.5. The SMILES string of the molecule is CCC(CC)(CNc1nc(C)ncc1C(=O)O)SC. The lowest BCUT2D eigenvalue weighted by atomic mass is 10.0. The molecule has 0 fully saturated rings. The number of aromatic carboxylic acids is 1. The monoisotopic (exact) mass is 283 g/mol. The van der Waals surface area contributed by atoms with Gasteiger partial charge in [-0.2, -0.15) is 11.8 Å². The van der Waals surface area contributed by atoms with Gasteiger partial charge in [0.25, 0.3) is 0 Å². The number of aromatic nitrogens is 2. The van der Waals surface area contributed by atoms with Crippen LogP contribution in [-0.2, 0) is 0 Å². The molecule has 2 N–H and O–H groups in total. The molecule has 0 atom stereocenters. The van der Waals surface area contributed by atoms with Crippen molar-refractivity contribution in [3.8, 4) is 0 Å². The van der Waals surface area contributed by atoms with E-state index in [0.29, 0.717) is 18.2 Å². The van der Waals surface area contributed by atoms with Crippen molar-refractivity contribution in [1.82, 2.24) is 9.97 Å². The number of nitrogens with one attached hydrogen (secondary N) is 1. The number of hydrogen-bond acceptors (Lipinski definition) is 5. The minimum atomic E-state index is -1.01. The highest BCUT2D eigenvalue weighted by Crippen LogP contribution is 2.30. The Bertz CT molecular complexity index is 439. The van der Waals surface area contributed by atoms with Crippen molar-refractivity contribution in [2.45, 2.75) is 38.4 Å². The lowest BCUT2D eigenvalue weighted by Crippen LogP contribution is -2.32. The molecule has 19 heavy (non-hydrogen) atoms. The van der Waals surface area contributed by atoms with Crippen LogP contribution >= 0.6 is 11.8 Å². The summed E-state index contributed by atoms with van der Waals surface area (Å²) in [6, 6.07) is 0. The fraction of sp³-hybridized carbons (Fsp3) is 0.615. The summed E-state index contributed by atoms with van der Waals surface area (Å²) in [4.78, 5) is 19.3. The van der Waals surface area contributed by atoms with Gasteiger partial charge in [-0.25, -0.2) is 14.8 Å². The van der Waals surface area contributed by atoms with Crippen molar-refractivity contribution >= 4 is 23.5 Å². The molecular formula is C13H21N3O2S. The summed E-state index contributed by atoms with van der Waals surface area (Å²) < 4.78 is 0.106. The topological polar surface area (TPSA) is 75.1 Å². The molecule has 1 heterocycles. The number of thioether (sulfide) groups is 1. The van der Waals surface area contributed by atoms with Crippen LogP contribution < -0.4 is 5.32 Å². The molecule has 0 aliphatic carbocycles. The Balaban J connectivity index is 2.93. The number of carboxylic acid groups (broad SMARTS) is 1. The Kier molecular flexibility index (Phi) is 5.60. The Morgan fingerprint density at radius 2 is 2.11 bits per heavy atom. The molecule has 0 aromatic carbocycles. The molecular weight excluding hydrogens is 262 g/mol. The Hall–Kier alpha value is -1.30. The maximum absolute atomic E-state index is 11.1. The van der Waals surface area contributed by atoms with Gasteiger partial charge >= 0.3 is 5.97 Å². The highest BCUT2D eigenvalue weighted by Gasteiger charge is 2.25. The van der Waals surface area contributed by atoms with Crippen molar-refractivity contribution in [2.75, 3.05) is 18.1 Å². The minimum Gasteiger partial charge on any atom is -0.477 e. The lowest BCUT2D eigenvalue weighted by Gasteiger charge is -2.30. The van der Waals surface area contributed by atoms with E-state index in [9.17, 15) is 4.79 Å².